The molecule has 102 valence electrons. The summed E-state index contributed by atoms with van der Waals surface area (Å²) in [4.78, 5) is 19.7. The van der Waals surface area contributed by atoms with E-state index in [0.717, 1.165) is 19.1 Å². The van der Waals surface area contributed by atoms with Crippen LogP contribution in [-0.4, -0.2) is 30.9 Å². The number of rotatable bonds is 4. The molecule has 0 saturated carbocycles. The van der Waals surface area contributed by atoms with Crippen molar-refractivity contribution in [3.05, 3.63) is 29.8 Å². The van der Waals surface area contributed by atoms with E-state index < -0.39 is 0 Å². The highest BCUT2D eigenvalue weighted by Gasteiger charge is 1.89. The molecule has 0 amide bonds. The Morgan fingerprint density at radius 2 is 1.72 bits per heavy atom. The number of carbonyl (C=O) groups excluding carboxylic acids is 2. The first-order chi connectivity index (χ1) is 8.60. The predicted molar refractivity (Wildman–Crippen MR) is 71.9 cm³/mol. The van der Waals surface area contributed by atoms with Crippen molar-refractivity contribution in [3.63, 3.8) is 0 Å². The second-order valence-corrected chi connectivity index (χ2v) is 3.35. The molecule has 0 aromatic heterocycles. The zero-order chi connectivity index (χ0) is 14.4. The SMILES string of the molecule is CCC(C)=O.CO.Cc1ccc(OCC=O)cc1. The molecular weight excluding hydrogens is 232 g/mol. The minimum Gasteiger partial charge on any atom is -0.486 e. The minimum absolute atomic E-state index is 0.128. The first kappa shape index (κ1) is 18.7. The molecule has 0 bridgehead atoms. The Bertz CT molecular complexity index is 317. The van der Waals surface area contributed by atoms with Gasteiger partial charge < -0.3 is 14.6 Å². The van der Waals surface area contributed by atoms with Crippen LogP contribution >= 0.6 is 0 Å². The van der Waals surface area contributed by atoms with E-state index in [1.165, 1.54) is 5.56 Å². The maximum atomic E-state index is 9.92. The zero-order valence-electron chi connectivity index (χ0n) is 11.5. The van der Waals surface area contributed by atoms with Crippen molar-refractivity contribution < 1.29 is 19.4 Å². The van der Waals surface area contributed by atoms with Gasteiger partial charge in [-0.2, -0.15) is 0 Å². The van der Waals surface area contributed by atoms with Gasteiger partial charge in [0.05, 0.1) is 0 Å². The van der Waals surface area contributed by atoms with Crippen LogP contribution in [0.15, 0.2) is 24.3 Å². The molecular formula is C14H22O4. The molecule has 0 saturated heterocycles. The van der Waals surface area contributed by atoms with E-state index in [9.17, 15) is 9.59 Å². The van der Waals surface area contributed by atoms with Gasteiger partial charge >= 0.3 is 0 Å². The van der Waals surface area contributed by atoms with Crippen LogP contribution in [0, 0.1) is 6.92 Å². The summed E-state index contributed by atoms with van der Waals surface area (Å²) in [5.41, 5.74) is 1.18. The fraction of sp³-hybridized carbons (Fsp3) is 0.429. The number of aliphatic hydroxyl groups is 1. The highest BCUT2D eigenvalue weighted by atomic mass is 16.5. The van der Waals surface area contributed by atoms with Crippen LogP contribution in [0.5, 0.6) is 5.75 Å². The number of ether oxygens (including phenoxy) is 1. The second kappa shape index (κ2) is 13.4. The molecule has 4 heteroatoms. The van der Waals surface area contributed by atoms with Gasteiger partial charge in [0.1, 0.15) is 18.1 Å². The Balaban J connectivity index is 0. The van der Waals surface area contributed by atoms with Gasteiger partial charge in [-0.15, -0.1) is 0 Å². The van der Waals surface area contributed by atoms with Crippen LogP contribution in [-0.2, 0) is 9.59 Å². The minimum atomic E-state index is 0.128. The number of aldehydes is 1. The average Bonchev–Trinajstić information content (AvgIpc) is 2.41. The van der Waals surface area contributed by atoms with Crippen molar-refractivity contribution in [2.75, 3.05) is 13.7 Å². The third-order valence-electron chi connectivity index (χ3n) is 1.84. The van der Waals surface area contributed by atoms with Gasteiger partial charge in [-0.05, 0) is 26.0 Å². The molecule has 1 aromatic carbocycles. The van der Waals surface area contributed by atoms with Crippen molar-refractivity contribution in [2.45, 2.75) is 27.2 Å². The van der Waals surface area contributed by atoms with Crippen molar-refractivity contribution in [1.82, 2.24) is 0 Å². The van der Waals surface area contributed by atoms with Crippen molar-refractivity contribution in [3.8, 4) is 5.75 Å². The molecule has 0 fully saturated rings. The van der Waals surface area contributed by atoms with Gasteiger partial charge in [-0.25, -0.2) is 0 Å². The Morgan fingerprint density at radius 3 is 2.06 bits per heavy atom. The molecule has 4 nitrogen and oxygen atoms in total. The summed E-state index contributed by atoms with van der Waals surface area (Å²) in [5.74, 6) is 0.993. The molecule has 0 aliphatic carbocycles. The number of aryl methyl sites for hydroxylation is 1. The van der Waals surface area contributed by atoms with Gasteiger partial charge in [-0.1, -0.05) is 24.6 Å². The topological polar surface area (TPSA) is 63.6 Å². The Kier molecular flexibility index (Phi) is 13.9. The molecule has 0 radical (unpaired) electrons. The summed E-state index contributed by atoms with van der Waals surface area (Å²) in [6, 6.07) is 7.58. The lowest BCUT2D eigenvalue weighted by Crippen LogP contribution is -1.96. The van der Waals surface area contributed by atoms with Crippen molar-refractivity contribution >= 4 is 12.1 Å². The summed E-state index contributed by atoms with van der Waals surface area (Å²) < 4.78 is 5.04. The van der Waals surface area contributed by atoms with Gasteiger partial charge in [-0.3, -0.25) is 4.79 Å². The molecule has 18 heavy (non-hydrogen) atoms. The first-order valence-electron chi connectivity index (χ1n) is 5.67. The van der Waals surface area contributed by atoms with E-state index in [1.807, 2.05) is 38.1 Å². The van der Waals surface area contributed by atoms with Crippen LogP contribution in [0.2, 0.25) is 0 Å². The van der Waals surface area contributed by atoms with Gasteiger partial charge in [0.15, 0.2) is 6.29 Å². The third kappa shape index (κ3) is 12.4. The largest absolute Gasteiger partial charge is 0.486 e. The summed E-state index contributed by atoms with van der Waals surface area (Å²) in [5, 5.41) is 7.00. The average molecular weight is 254 g/mol. The van der Waals surface area contributed by atoms with Gasteiger partial charge in [0.2, 0.25) is 0 Å². The van der Waals surface area contributed by atoms with E-state index >= 15 is 0 Å². The van der Waals surface area contributed by atoms with Crippen molar-refractivity contribution in [2.24, 2.45) is 0 Å². The molecule has 0 atom stereocenters. The van der Waals surface area contributed by atoms with E-state index in [1.54, 1.807) is 6.92 Å². The van der Waals surface area contributed by atoms with Crippen LogP contribution in [0.25, 0.3) is 0 Å². The lowest BCUT2D eigenvalue weighted by Gasteiger charge is -2.00. The number of hydrogen-bond acceptors (Lipinski definition) is 4. The molecule has 0 unspecified atom stereocenters. The predicted octanol–water partition coefficient (Wildman–Crippen LogP) is 2.17. The standard InChI is InChI=1S/C9H10O2.C4H8O.CH4O/c1-8-2-4-9(5-3-8)11-7-6-10;1-3-4(2)5;1-2/h2-6H,7H2,1H3;3H2,1-2H3;2H,1H3. The highest BCUT2D eigenvalue weighted by Crippen LogP contribution is 2.10. The quantitative estimate of drug-likeness (QED) is 0.836. The number of benzene rings is 1. The summed E-state index contributed by atoms with van der Waals surface area (Å²) in [6.45, 7) is 5.56. The summed E-state index contributed by atoms with van der Waals surface area (Å²) in [6.07, 6.45) is 1.40. The summed E-state index contributed by atoms with van der Waals surface area (Å²) >= 11 is 0. The third-order valence-corrected chi connectivity index (χ3v) is 1.84. The molecule has 0 aliphatic rings. The molecule has 0 aliphatic heterocycles. The van der Waals surface area contributed by atoms with Crippen LogP contribution < -0.4 is 4.74 Å². The van der Waals surface area contributed by atoms with E-state index in [2.05, 4.69) is 0 Å². The molecule has 1 aromatic rings. The van der Waals surface area contributed by atoms with E-state index in [4.69, 9.17) is 9.84 Å². The van der Waals surface area contributed by atoms with E-state index in [-0.39, 0.29) is 12.4 Å². The molecule has 1 rings (SSSR count). The van der Waals surface area contributed by atoms with Crippen LogP contribution in [0.4, 0.5) is 0 Å². The Labute approximate surface area is 109 Å². The van der Waals surface area contributed by atoms with Crippen molar-refractivity contribution in [1.29, 1.82) is 0 Å². The fourth-order valence-corrected chi connectivity index (χ4v) is 0.765. The number of Topliss-reactive ketones (excluding diaryl/α,β-unsaturated/α-hetero) is 1. The lowest BCUT2D eigenvalue weighted by molar-refractivity contribution is -0.116. The number of hydrogen-bond donors (Lipinski definition) is 1. The second-order valence-electron chi connectivity index (χ2n) is 3.35. The van der Waals surface area contributed by atoms with Crippen LogP contribution in [0.1, 0.15) is 25.8 Å². The monoisotopic (exact) mass is 254 g/mol. The Hall–Kier alpha value is -1.68. The summed E-state index contributed by atoms with van der Waals surface area (Å²) in [7, 11) is 1.00. The molecule has 0 spiro atoms. The smallest absolute Gasteiger partial charge is 0.157 e. The maximum absolute atomic E-state index is 9.92. The number of aliphatic hydroxyl groups excluding tert-OH is 1. The number of ketones is 1. The Morgan fingerprint density at radius 1 is 1.28 bits per heavy atom. The van der Waals surface area contributed by atoms with Gasteiger partial charge in [0.25, 0.3) is 0 Å². The lowest BCUT2D eigenvalue weighted by atomic mass is 10.2. The number of carbonyl (C=O) groups is 2. The fourth-order valence-electron chi connectivity index (χ4n) is 0.765. The highest BCUT2D eigenvalue weighted by molar-refractivity contribution is 5.74. The normalized spacial score (nSPS) is 8.06. The molecule has 1 N–H and O–H groups in total. The zero-order valence-corrected chi connectivity index (χ0v) is 11.5. The molecule has 0 heterocycles. The first-order valence-corrected chi connectivity index (χ1v) is 5.67. The van der Waals surface area contributed by atoms with E-state index in [0.29, 0.717) is 6.42 Å². The van der Waals surface area contributed by atoms with Gasteiger partial charge in [0, 0.05) is 13.5 Å². The van der Waals surface area contributed by atoms with Crippen LogP contribution in [0.3, 0.4) is 0 Å². The maximum Gasteiger partial charge on any atom is 0.157 e.